The summed E-state index contributed by atoms with van der Waals surface area (Å²) in [6.45, 7) is 2.34. The number of hydrogen-bond acceptors (Lipinski definition) is 6. The van der Waals surface area contributed by atoms with Crippen molar-refractivity contribution in [2.45, 2.75) is 13.3 Å². The Balaban J connectivity index is 1.48. The Labute approximate surface area is 166 Å². The van der Waals surface area contributed by atoms with E-state index in [1.807, 2.05) is 48.7 Å². The average molecular weight is 390 g/mol. The zero-order valence-corrected chi connectivity index (χ0v) is 16.1. The van der Waals surface area contributed by atoms with E-state index in [2.05, 4.69) is 25.4 Å². The number of nitrogens with one attached hydrogen (secondary N) is 1. The van der Waals surface area contributed by atoms with Gasteiger partial charge in [-0.15, -0.1) is 11.3 Å². The zero-order valence-electron chi connectivity index (χ0n) is 15.2. The van der Waals surface area contributed by atoms with Gasteiger partial charge in [-0.25, -0.2) is 14.6 Å². The molecule has 0 spiro atoms. The fourth-order valence-electron chi connectivity index (χ4n) is 2.79. The summed E-state index contributed by atoms with van der Waals surface area (Å²) >= 11 is 1.61. The summed E-state index contributed by atoms with van der Waals surface area (Å²) in [5.41, 5.74) is 2.97. The van der Waals surface area contributed by atoms with Crippen molar-refractivity contribution in [3.63, 3.8) is 0 Å². The Hall–Kier alpha value is -3.39. The molecule has 0 aromatic carbocycles. The molecule has 4 aromatic rings. The van der Waals surface area contributed by atoms with Crippen LogP contribution in [0.5, 0.6) is 0 Å². The largest absolute Gasteiger partial charge is 0.352 e. The van der Waals surface area contributed by atoms with Crippen LogP contribution in [0, 0.1) is 6.92 Å². The van der Waals surface area contributed by atoms with Gasteiger partial charge in [-0.2, -0.15) is 5.10 Å². The van der Waals surface area contributed by atoms with Gasteiger partial charge in [-0.1, -0.05) is 12.1 Å². The number of pyridine rings is 1. The van der Waals surface area contributed by atoms with Crippen molar-refractivity contribution in [3.05, 3.63) is 77.3 Å². The summed E-state index contributed by atoms with van der Waals surface area (Å²) in [6, 6.07) is 11.6. The van der Waals surface area contributed by atoms with E-state index < -0.39 is 0 Å². The molecule has 7 nitrogen and oxygen atoms in total. The van der Waals surface area contributed by atoms with Gasteiger partial charge in [0.05, 0.1) is 28.0 Å². The van der Waals surface area contributed by atoms with Crippen molar-refractivity contribution < 1.29 is 4.79 Å². The van der Waals surface area contributed by atoms with Gasteiger partial charge < -0.3 is 5.32 Å². The van der Waals surface area contributed by atoms with Crippen molar-refractivity contribution in [3.8, 4) is 16.5 Å². The van der Waals surface area contributed by atoms with Gasteiger partial charge in [-0.3, -0.25) is 9.78 Å². The first kappa shape index (κ1) is 18.0. The first-order chi connectivity index (χ1) is 13.7. The average Bonchev–Trinajstić information content (AvgIpc) is 3.39. The van der Waals surface area contributed by atoms with Crippen molar-refractivity contribution in [1.29, 1.82) is 0 Å². The Morgan fingerprint density at radius 1 is 1.14 bits per heavy atom. The lowest BCUT2D eigenvalue weighted by atomic mass is 10.2. The molecule has 28 heavy (non-hydrogen) atoms. The van der Waals surface area contributed by atoms with Gasteiger partial charge in [0.2, 0.25) is 0 Å². The predicted octanol–water partition coefficient (Wildman–Crippen LogP) is 3.07. The summed E-state index contributed by atoms with van der Waals surface area (Å²) in [5.74, 6) is 0.269. The monoisotopic (exact) mass is 390 g/mol. The number of hydrogen-bond donors (Lipinski definition) is 1. The van der Waals surface area contributed by atoms with Crippen LogP contribution in [0.2, 0.25) is 0 Å². The first-order valence-corrected chi connectivity index (χ1v) is 9.70. The molecular weight excluding hydrogens is 372 g/mol. The lowest BCUT2D eigenvalue weighted by Gasteiger charge is -2.06. The Kier molecular flexibility index (Phi) is 5.20. The second kappa shape index (κ2) is 8.10. The quantitative estimate of drug-likeness (QED) is 0.547. The molecule has 0 unspecified atom stereocenters. The minimum atomic E-state index is -0.172. The molecule has 0 aliphatic rings. The Morgan fingerprint density at radius 3 is 2.86 bits per heavy atom. The van der Waals surface area contributed by atoms with E-state index in [0.29, 0.717) is 30.2 Å². The summed E-state index contributed by atoms with van der Waals surface area (Å²) in [6.07, 6.45) is 5.67. The van der Waals surface area contributed by atoms with Crippen molar-refractivity contribution in [1.82, 2.24) is 30.0 Å². The number of amides is 1. The normalized spacial score (nSPS) is 10.8. The molecule has 4 heterocycles. The van der Waals surface area contributed by atoms with E-state index in [1.165, 1.54) is 0 Å². The fraction of sp³-hybridized carbons (Fsp3) is 0.150. The number of rotatable bonds is 6. The third-order valence-corrected chi connectivity index (χ3v) is 5.15. The SMILES string of the molecule is Cc1c(C(=O)NCCc2ccccn2)cnn1-c1nccc(-c2cccs2)n1. The third-order valence-electron chi connectivity index (χ3n) is 4.25. The first-order valence-electron chi connectivity index (χ1n) is 8.82. The van der Waals surface area contributed by atoms with Gasteiger partial charge in [0.25, 0.3) is 11.9 Å². The van der Waals surface area contributed by atoms with E-state index in [0.717, 1.165) is 16.3 Å². The zero-order chi connectivity index (χ0) is 19.3. The maximum atomic E-state index is 12.5. The van der Waals surface area contributed by atoms with E-state index in [1.54, 1.807) is 34.6 Å². The minimum absolute atomic E-state index is 0.172. The van der Waals surface area contributed by atoms with E-state index in [4.69, 9.17) is 0 Å². The molecule has 0 aliphatic heterocycles. The molecule has 1 N–H and O–H groups in total. The molecule has 0 atom stereocenters. The van der Waals surface area contributed by atoms with E-state index >= 15 is 0 Å². The number of carbonyl (C=O) groups excluding carboxylic acids is 1. The van der Waals surface area contributed by atoms with E-state index in [-0.39, 0.29) is 5.91 Å². The van der Waals surface area contributed by atoms with Gasteiger partial charge in [0.1, 0.15) is 0 Å². The van der Waals surface area contributed by atoms with Crippen LogP contribution in [0.4, 0.5) is 0 Å². The highest BCUT2D eigenvalue weighted by Gasteiger charge is 2.16. The highest BCUT2D eigenvalue weighted by Crippen LogP contribution is 2.23. The predicted molar refractivity (Wildman–Crippen MR) is 107 cm³/mol. The second-order valence-electron chi connectivity index (χ2n) is 6.10. The van der Waals surface area contributed by atoms with Crippen LogP contribution in [0.1, 0.15) is 21.7 Å². The fourth-order valence-corrected chi connectivity index (χ4v) is 3.49. The third kappa shape index (κ3) is 3.81. The molecule has 0 saturated heterocycles. The van der Waals surface area contributed by atoms with Crippen LogP contribution in [-0.4, -0.2) is 37.2 Å². The Bertz CT molecular complexity index is 1080. The maximum absolute atomic E-state index is 12.5. The van der Waals surface area contributed by atoms with Crippen LogP contribution in [-0.2, 0) is 6.42 Å². The van der Waals surface area contributed by atoms with Crippen LogP contribution >= 0.6 is 11.3 Å². The highest BCUT2D eigenvalue weighted by atomic mass is 32.1. The summed E-state index contributed by atoms with van der Waals surface area (Å²) in [4.78, 5) is 26.7. The molecule has 4 aromatic heterocycles. The lowest BCUT2D eigenvalue weighted by Crippen LogP contribution is -2.26. The van der Waals surface area contributed by atoms with Crippen LogP contribution < -0.4 is 5.32 Å². The topological polar surface area (TPSA) is 85.6 Å². The van der Waals surface area contributed by atoms with Gasteiger partial charge in [0.15, 0.2) is 0 Å². The number of aromatic nitrogens is 5. The summed E-state index contributed by atoms with van der Waals surface area (Å²) in [7, 11) is 0. The lowest BCUT2D eigenvalue weighted by molar-refractivity contribution is 0.0953. The highest BCUT2D eigenvalue weighted by molar-refractivity contribution is 7.13. The van der Waals surface area contributed by atoms with Crippen molar-refractivity contribution in [2.24, 2.45) is 0 Å². The van der Waals surface area contributed by atoms with Crippen molar-refractivity contribution >= 4 is 17.2 Å². The van der Waals surface area contributed by atoms with Gasteiger partial charge >= 0.3 is 0 Å². The van der Waals surface area contributed by atoms with Crippen LogP contribution in [0.3, 0.4) is 0 Å². The molecule has 0 radical (unpaired) electrons. The molecule has 0 bridgehead atoms. The van der Waals surface area contributed by atoms with Crippen LogP contribution in [0.25, 0.3) is 16.5 Å². The second-order valence-corrected chi connectivity index (χ2v) is 7.05. The molecule has 4 rings (SSSR count). The molecule has 1 amide bonds. The maximum Gasteiger partial charge on any atom is 0.254 e. The minimum Gasteiger partial charge on any atom is -0.352 e. The number of nitrogens with zero attached hydrogens (tertiary/aromatic N) is 5. The summed E-state index contributed by atoms with van der Waals surface area (Å²) in [5, 5.41) is 9.24. The molecule has 0 fully saturated rings. The molecule has 0 saturated carbocycles. The van der Waals surface area contributed by atoms with Crippen molar-refractivity contribution in [2.75, 3.05) is 6.54 Å². The molecule has 140 valence electrons. The molecule has 8 heteroatoms. The Morgan fingerprint density at radius 2 is 2.07 bits per heavy atom. The van der Waals surface area contributed by atoms with E-state index in [9.17, 15) is 4.79 Å². The number of thiophene rings is 1. The number of carbonyl (C=O) groups is 1. The molecular formula is C20H18N6OS. The van der Waals surface area contributed by atoms with Gasteiger partial charge in [0, 0.05) is 31.1 Å². The smallest absolute Gasteiger partial charge is 0.254 e. The summed E-state index contributed by atoms with van der Waals surface area (Å²) < 4.78 is 1.59. The standard InChI is InChI=1S/C20H18N6OS/c1-14-16(19(27)22-10-7-15-5-2-3-9-21-15)13-24-26(14)20-23-11-8-17(25-20)18-6-4-12-28-18/h2-6,8-9,11-13H,7,10H2,1H3,(H,22,27). The van der Waals surface area contributed by atoms with Crippen LogP contribution in [0.15, 0.2) is 60.4 Å². The van der Waals surface area contributed by atoms with Gasteiger partial charge in [-0.05, 0) is 36.6 Å². The molecule has 0 aliphatic carbocycles.